The summed E-state index contributed by atoms with van der Waals surface area (Å²) in [5, 5.41) is 0. The maximum atomic E-state index is 12.6. The fraction of sp³-hybridized carbons (Fsp3) is 0.231. The Morgan fingerprint density at radius 2 is 1.06 bits per heavy atom. The average Bonchev–Trinajstić information content (AvgIpc) is 2.79. The van der Waals surface area contributed by atoms with Gasteiger partial charge in [0.15, 0.2) is 0 Å². The molecule has 0 fully saturated rings. The second-order valence-corrected chi connectivity index (χ2v) is 8.14. The Kier molecular flexibility index (Phi) is 6.83. The first kappa shape index (κ1) is 22.9. The standard InChI is InChI=1S/C26H26O6/c1-26(2,3)22-16-21(31-24(27)17-6-10-19(29-4)11-7-17)14-15-23(22)32-25(28)18-8-12-20(30-5)13-9-18/h6-16H,1-5H3. The van der Waals surface area contributed by atoms with Crippen LogP contribution in [-0.4, -0.2) is 26.2 Å². The third kappa shape index (κ3) is 5.46. The fourth-order valence-corrected chi connectivity index (χ4v) is 3.03. The molecule has 0 aliphatic carbocycles. The maximum Gasteiger partial charge on any atom is 0.343 e. The minimum Gasteiger partial charge on any atom is -0.497 e. The Labute approximate surface area is 187 Å². The van der Waals surface area contributed by atoms with Gasteiger partial charge < -0.3 is 18.9 Å². The monoisotopic (exact) mass is 434 g/mol. The molecule has 0 aliphatic rings. The van der Waals surface area contributed by atoms with Gasteiger partial charge in [0.1, 0.15) is 23.0 Å². The second-order valence-electron chi connectivity index (χ2n) is 8.14. The van der Waals surface area contributed by atoms with Gasteiger partial charge in [-0.2, -0.15) is 0 Å². The normalized spacial score (nSPS) is 10.9. The summed E-state index contributed by atoms with van der Waals surface area (Å²) < 4.78 is 21.4. The summed E-state index contributed by atoms with van der Waals surface area (Å²) >= 11 is 0. The van der Waals surface area contributed by atoms with Crippen LogP contribution in [-0.2, 0) is 5.41 Å². The van der Waals surface area contributed by atoms with Gasteiger partial charge in [0, 0.05) is 5.56 Å². The molecule has 166 valence electrons. The van der Waals surface area contributed by atoms with Gasteiger partial charge in [-0.25, -0.2) is 9.59 Å². The Bertz CT molecular complexity index is 1090. The molecule has 32 heavy (non-hydrogen) atoms. The van der Waals surface area contributed by atoms with E-state index in [1.165, 1.54) is 0 Å². The maximum absolute atomic E-state index is 12.6. The van der Waals surface area contributed by atoms with Crippen molar-refractivity contribution in [3.8, 4) is 23.0 Å². The molecular formula is C26H26O6. The van der Waals surface area contributed by atoms with Crippen LogP contribution in [0.3, 0.4) is 0 Å². The van der Waals surface area contributed by atoms with E-state index >= 15 is 0 Å². The molecule has 0 atom stereocenters. The lowest BCUT2D eigenvalue weighted by Crippen LogP contribution is -2.17. The molecule has 0 unspecified atom stereocenters. The molecule has 6 nitrogen and oxygen atoms in total. The number of carbonyl (C=O) groups is 2. The lowest BCUT2D eigenvalue weighted by Gasteiger charge is -2.23. The van der Waals surface area contributed by atoms with E-state index in [4.69, 9.17) is 18.9 Å². The van der Waals surface area contributed by atoms with E-state index in [2.05, 4.69) is 0 Å². The molecule has 0 amide bonds. The van der Waals surface area contributed by atoms with Gasteiger partial charge in [-0.1, -0.05) is 20.8 Å². The van der Waals surface area contributed by atoms with Crippen LogP contribution in [0.15, 0.2) is 66.7 Å². The van der Waals surface area contributed by atoms with Crippen molar-refractivity contribution in [3.05, 3.63) is 83.4 Å². The van der Waals surface area contributed by atoms with Crippen molar-refractivity contribution in [2.75, 3.05) is 14.2 Å². The van der Waals surface area contributed by atoms with Crippen LogP contribution in [0.5, 0.6) is 23.0 Å². The van der Waals surface area contributed by atoms with Crippen LogP contribution >= 0.6 is 0 Å². The number of carbonyl (C=O) groups excluding carboxylic acids is 2. The summed E-state index contributed by atoms with van der Waals surface area (Å²) in [6, 6.07) is 18.3. The lowest BCUT2D eigenvalue weighted by atomic mass is 9.86. The molecule has 0 radical (unpaired) electrons. The van der Waals surface area contributed by atoms with Crippen LogP contribution in [0.2, 0.25) is 0 Å². The van der Waals surface area contributed by atoms with Crippen molar-refractivity contribution in [1.29, 1.82) is 0 Å². The number of hydrogen-bond donors (Lipinski definition) is 0. The molecule has 0 aliphatic heterocycles. The number of esters is 2. The van der Waals surface area contributed by atoms with Crippen molar-refractivity contribution in [3.63, 3.8) is 0 Å². The summed E-state index contributed by atoms with van der Waals surface area (Å²) in [5.74, 6) is 1.10. The first-order valence-electron chi connectivity index (χ1n) is 10.1. The van der Waals surface area contributed by atoms with E-state index in [-0.39, 0.29) is 5.41 Å². The number of ether oxygens (including phenoxy) is 4. The van der Waals surface area contributed by atoms with Crippen LogP contribution in [0.1, 0.15) is 47.1 Å². The predicted octanol–water partition coefficient (Wildman–Crippen LogP) is 5.44. The highest BCUT2D eigenvalue weighted by Crippen LogP contribution is 2.35. The second kappa shape index (κ2) is 9.56. The lowest BCUT2D eigenvalue weighted by molar-refractivity contribution is 0.0716. The van der Waals surface area contributed by atoms with E-state index in [9.17, 15) is 9.59 Å². The summed E-state index contributed by atoms with van der Waals surface area (Å²) in [6.45, 7) is 5.96. The highest BCUT2D eigenvalue weighted by molar-refractivity contribution is 5.92. The first-order valence-corrected chi connectivity index (χ1v) is 10.1. The van der Waals surface area contributed by atoms with Crippen LogP contribution in [0.25, 0.3) is 0 Å². The predicted molar refractivity (Wildman–Crippen MR) is 121 cm³/mol. The number of rotatable bonds is 6. The quantitative estimate of drug-likeness (QED) is 0.380. The Morgan fingerprint density at radius 3 is 1.50 bits per heavy atom. The minimum atomic E-state index is -0.490. The zero-order valence-corrected chi connectivity index (χ0v) is 18.8. The molecule has 3 aromatic carbocycles. The number of methoxy groups -OCH3 is 2. The van der Waals surface area contributed by atoms with Gasteiger partial charge in [0.25, 0.3) is 0 Å². The van der Waals surface area contributed by atoms with Crippen molar-refractivity contribution >= 4 is 11.9 Å². The van der Waals surface area contributed by atoms with Crippen molar-refractivity contribution in [1.82, 2.24) is 0 Å². The van der Waals surface area contributed by atoms with Gasteiger partial charge in [-0.05, 0) is 72.1 Å². The van der Waals surface area contributed by atoms with Crippen LogP contribution in [0, 0.1) is 0 Å². The van der Waals surface area contributed by atoms with Crippen LogP contribution < -0.4 is 18.9 Å². The smallest absolute Gasteiger partial charge is 0.343 e. The molecular weight excluding hydrogens is 408 g/mol. The molecule has 0 saturated heterocycles. The molecule has 3 aromatic rings. The third-order valence-electron chi connectivity index (χ3n) is 4.82. The van der Waals surface area contributed by atoms with Gasteiger partial charge >= 0.3 is 11.9 Å². The molecule has 0 saturated carbocycles. The van der Waals surface area contributed by atoms with Crippen molar-refractivity contribution in [2.24, 2.45) is 0 Å². The van der Waals surface area contributed by atoms with Gasteiger partial charge in [-0.3, -0.25) is 0 Å². The largest absolute Gasteiger partial charge is 0.497 e. The third-order valence-corrected chi connectivity index (χ3v) is 4.82. The minimum absolute atomic E-state index is 0.361. The molecule has 0 heterocycles. The Balaban J connectivity index is 1.82. The van der Waals surface area contributed by atoms with E-state index in [1.54, 1.807) is 80.9 Å². The number of hydrogen-bond acceptors (Lipinski definition) is 6. The summed E-state index contributed by atoms with van der Waals surface area (Å²) in [4.78, 5) is 25.2. The van der Waals surface area contributed by atoms with Gasteiger partial charge in [0.05, 0.1) is 25.3 Å². The van der Waals surface area contributed by atoms with Gasteiger partial charge in [0.2, 0.25) is 0 Å². The van der Waals surface area contributed by atoms with Crippen molar-refractivity contribution in [2.45, 2.75) is 26.2 Å². The topological polar surface area (TPSA) is 71.1 Å². The average molecular weight is 434 g/mol. The molecule has 6 heteroatoms. The molecule has 0 bridgehead atoms. The van der Waals surface area contributed by atoms with Crippen molar-refractivity contribution < 1.29 is 28.5 Å². The first-order chi connectivity index (χ1) is 15.2. The van der Waals surface area contributed by atoms with E-state index in [0.717, 1.165) is 5.56 Å². The molecule has 3 rings (SSSR count). The molecule has 0 aromatic heterocycles. The zero-order chi connectivity index (χ0) is 23.3. The van der Waals surface area contributed by atoms with E-state index in [1.807, 2.05) is 20.8 Å². The Hall–Kier alpha value is -3.80. The summed E-state index contributed by atoms with van der Waals surface area (Å²) in [7, 11) is 3.12. The van der Waals surface area contributed by atoms with E-state index < -0.39 is 11.9 Å². The fourth-order valence-electron chi connectivity index (χ4n) is 3.03. The van der Waals surface area contributed by atoms with E-state index in [0.29, 0.717) is 34.1 Å². The summed E-state index contributed by atoms with van der Waals surface area (Å²) in [5.41, 5.74) is 1.18. The molecule has 0 spiro atoms. The molecule has 0 N–H and O–H groups in total. The van der Waals surface area contributed by atoms with Crippen LogP contribution in [0.4, 0.5) is 0 Å². The summed E-state index contributed by atoms with van der Waals surface area (Å²) in [6.07, 6.45) is 0. The Morgan fingerprint density at radius 1 is 0.625 bits per heavy atom. The number of benzene rings is 3. The zero-order valence-electron chi connectivity index (χ0n) is 18.8. The SMILES string of the molecule is COc1ccc(C(=O)Oc2ccc(OC(=O)c3ccc(OC)cc3)c(C(C)(C)C)c2)cc1. The highest BCUT2D eigenvalue weighted by atomic mass is 16.5. The highest BCUT2D eigenvalue weighted by Gasteiger charge is 2.23. The van der Waals surface area contributed by atoms with Gasteiger partial charge in [-0.15, -0.1) is 0 Å².